The SMILES string of the molecule is CN(Cc1noc(-c2ccco2)n1)C(C)(C)CO. The third-order valence-corrected chi connectivity index (χ3v) is 3.00. The van der Waals surface area contributed by atoms with Gasteiger partial charge in [-0.1, -0.05) is 5.16 Å². The van der Waals surface area contributed by atoms with Crippen molar-refractivity contribution in [3.05, 3.63) is 24.2 Å². The summed E-state index contributed by atoms with van der Waals surface area (Å²) in [6.45, 7) is 4.45. The third-order valence-electron chi connectivity index (χ3n) is 3.00. The first-order chi connectivity index (χ1) is 8.53. The predicted molar refractivity (Wildman–Crippen MR) is 64.6 cm³/mol. The van der Waals surface area contributed by atoms with Crippen molar-refractivity contribution < 1.29 is 14.0 Å². The lowest BCUT2D eigenvalue weighted by atomic mass is 10.1. The van der Waals surface area contributed by atoms with Gasteiger partial charge in [0.2, 0.25) is 0 Å². The highest BCUT2D eigenvalue weighted by Gasteiger charge is 2.24. The first-order valence-electron chi connectivity index (χ1n) is 5.71. The van der Waals surface area contributed by atoms with Gasteiger partial charge >= 0.3 is 0 Å². The quantitative estimate of drug-likeness (QED) is 0.868. The minimum Gasteiger partial charge on any atom is -0.459 e. The molecule has 2 heterocycles. The zero-order chi connectivity index (χ0) is 13.2. The summed E-state index contributed by atoms with van der Waals surface area (Å²) in [5, 5.41) is 13.2. The molecule has 6 nitrogen and oxygen atoms in total. The molecule has 0 aliphatic carbocycles. The zero-order valence-corrected chi connectivity index (χ0v) is 10.8. The summed E-state index contributed by atoms with van der Waals surface area (Å²) in [7, 11) is 1.90. The molecule has 0 saturated heterocycles. The Morgan fingerprint density at radius 3 is 2.83 bits per heavy atom. The highest BCUT2D eigenvalue weighted by Crippen LogP contribution is 2.19. The van der Waals surface area contributed by atoms with Crippen LogP contribution in [0.1, 0.15) is 19.7 Å². The smallest absolute Gasteiger partial charge is 0.293 e. The van der Waals surface area contributed by atoms with E-state index in [9.17, 15) is 5.11 Å². The summed E-state index contributed by atoms with van der Waals surface area (Å²) < 4.78 is 10.3. The second kappa shape index (κ2) is 4.91. The number of aromatic nitrogens is 2. The van der Waals surface area contributed by atoms with Crippen LogP contribution in [0.4, 0.5) is 0 Å². The van der Waals surface area contributed by atoms with Gasteiger partial charge in [-0.05, 0) is 33.0 Å². The summed E-state index contributed by atoms with van der Waals surface area (Å²) in [6, 6.07) is 3.53. The van der Waals surface area contributed by atoms with Gasteiger partial charge in [-0.2, -0.15) is 4.98 Å². The average molecular weight is 251 g/mol. The minimum absolute atomic E-state index is 0.0619. The Labute approximate surface area is 105 Å². The fraction of sp³-hybridized carbons (Fsp3) is 0.500. The molecule has 0 radical (unpaired) electrons. The molecule has 0 aliphatic rings. The molecule has 0 bridgehead atoms. The minimum atomic E-state index is -0.328. The van der Waals surface area contributed by atoms with Gasteiger partial charge < -0.3 is 14.0 Å². The van der Waals surface area contributed by atoms with Crippen LogP contribution in [-0.4, -0.2) is 39.3 Å². The van der Waals surface area contributed by atoms with E-state index in [-0.39, 0.29) is 12.1 Å². The maximum atomic E-state index is 9.28. The van der Waals surface area contributed by atoms with Crippen molar-refractivity contribution in [3.8, 4) is 11.7 Å². The largest absolute Gasteiger partial charge is 0.459 e. The van der Waals surface area contributed by atoms with E-state index in [1.54, 1.807) is 18.4 Å². The molecule has 2 aromatic heterocycles. The van der Waals surface area contributed by atoms with Gasteiger partial charge in [0.05, 0.1) is 19.4 Å². The molecule has 98 valence electrons. The van der Waals surface area contributed by atoms with E-state index in [1.165, 1.54) is 0 Å². The van der Waals surface area contributed by atoms with Crippen LogP contribution in [0.2, 0.25) is 0 Å². The maximum absolute atomic E-state index is 9.28. The molecule has 6 heteroatoms. The van der Waals surface area contributed by atoms with Crippen molar-refractivity contribution in [2.45, 2.75) is 25.9 Å². The maximum Gasteiger partial charge on any atom is 0.293 e. The molecule has 18 heavy (non-hydrogen) atoms. The van der Waals surface area contributed by atoms with Gasteiger partial charge in [0, 0.05) is 5.54 Å². The summed E-state index contributed by atoms with van der Waals surface area (Å²) in [4.78, 5) is 6.21. The van der Waals surface area contributed by atoms with E-state index >= 15 is 0 Å². The number of furan rings is 1. The lowest BCUT2D eigenvalue weighted by Gasteiger charge is -2.32. The topological polar surface area (TPSA) is 75.5 Å². The fourth-order valence-electron chi connectivity index (χ4n) is 1.37. The van der Waals surface area contributed by atoms with E-state index in [2.05, 4.69) is 10.1 Å². The Morgan fingerprint density at radius 2 is 2.22 bits per heavy atom. The summed E-state index contributed by atoms with van der Waals surface area (Å²) in [5.41, 5.74) is -0.328. The Morgan fingerprint density at radius 1 is 1.44 bits per heavy atom. The summed E-state index contributed by atoms with van der Waals surface area (Å²) in [5.74, 6) is 1.48. The van der Waals surface area contributed by atoms with Crippen LogP contribution in [0.3, 0.4) is 0 Å². The number of aliphatic hydroxyl groups is 1. The van der Waals surface area contributed by atoms with Crippen molar-refractivity contribution >= 4 is 0 Å². The molecular weight excluding hydrogens is 234 g/mol. The predicted octanol–water partition coefficient (Wildman–Crippen LogP) is 1.53. The molecule has 2 rings (SSSR count). The van der Waals surface area contributed by atoms with Crippen LogP contribution >= 0.6 is 0 Å². The zero-order valence-electron chi connectivity index (χ0n) is 10.8. The van der Waals surface area contributed by atoms with Crippen LogP contribution in [0.25, 0.3) is 11.7 Å². The second-order valence-electron chi connectivity index (χ2n) is 4.82. The summed E-state index contributed by atoms with van der Waals surface area (Å²) >= 11 is 0. The van der Waals surface area contributed by atoms with Gasteiger partial charge in [-0.3, -0.25) is 4.90 Å². The van der Waals surface area contributed by atoms with E-state index in [0.29, 0.717) is 24.0 Å². The van der Waals surface area contributed by atoms with Gasteiger partial charge in [0.1, 0.15) is 0 Å². The molecular formula is C12H17N3O3. The van der Waals surface area contributed by atoms with Crippen molar-refractivity contribution in [1.29, 1.82) is 0 Å². The number of nitrogens with zero attached hydrogens (tertiary/aromatic N) is 3. The summed E-state index contributed by atoms with van der Waals surface area (Å²) in [6.07, 6.45) is 1.56. The lowest BCUT2D eigenvalue weighted by Crippen LogP contribution is -2.43. The van der Waals surface area contributed by atoms with E-state index < -0.39 is 0 Å². The van der Waals surface area contributed by atoms with Gasteiger partial charge in [-0.25, -0.2) is 0 Å². The highest BCUT2D eigenvalue weighted by atomic mass is 16.5. The van der Waals surface area contributed by atoms with E-state index in [1.807, 2.05) is 25.8 Å². The normalized spacial score (nSPS) is 12.3. The molecule has 0 saturated carbocycles. The molecule has 0 atom stereocenters. The van der Waals surface area contributed by atoms with Crippen molar-refractivity contribution in [2.75, 3.05) is 13.7 Å². The molecule has 0 spiro atoms. The Balaban J connectivity index is 2.08. The number of likely N-dealkylation sites (N-methyl/N-ethyl adjacent to an activating group) is 1. The first kappa shape index (κ1) is 12.8. The molecule has 0 aliphatic heterocycles. The van der Waals surface area contributed by atoms with Crippen LogP contribution in [-0.2, 0) is 6.54 Å². The van der Waals surface area contributed by atoms with Crippen LogP contribution in [0.15, 0.2) is 27.3 Å². The molecule has 2 aromatic rings. The number of rotatable bonds is 5. The van der Waals surface area contributed by atoms with Crippen molar-refractivity contribution in [2.24, 2.45) is 0 Å². The van der Waals surface area contributed by atoms with Crippen LogP contribution < -0.4 is 0 Å². The van der Waals surface area contributed by atoms with Crippen LogP contribution in [0.5, 0.6) is 0 Å². The lowest BCUT2D eigenvalue weighted by molar-refractivity contribution is 0.0708. The Kier molecular flexibility index (Phi) is 3.49. The van der Waals surface area contributed by atoms with E-state index in [4.69, 9.17) is 8.94 Å². The molecule has 0 aromatic carbocycles. The fourth-order valence-corrected chi connectivity index (χ4v) is 1.37. The molecule has 0 amide bonds. The number of hydrogen-bond acceptors (Lipinski definition) is 6. The van der Waals surface area contributed by atoms with Crippen molar-refractivity contribution in [3.63, 3.8) is 0 Å². The third kappa shape index (κ3) is 2.60. The number of hydrogen-bond donors (Lipinski definition) is 1. The molecule has 0 unspecified atom stereocenters. The molecule has 1 N–H and O–H groups in total. The number of aliphatic hydroxyl groups excluding tert-OH is 1. The van der Waals surface area contributed by atoms with Crippen molar-refractivity contribution in [1.82, 2.24) is 15.0 Å². The molecule has 0 fully saturated rings. The first-order valence-corrected chi connectivity index (χ1v) is 5.71. The van der Waals surface area contributed by atoms with Gasteiger partial charge in [0.25, 0.3) is 5.89 Å². The highest BCUT2D eigenvalue weighted by molar-refractivity contribution is 5.42. The Hall–Kier alpha value is -1.66. The van der Waals surface area contributed by atoms with E-state index in [0.717, 1.165) is 0 Å². The van der Waals surface area contributed by atoms with Gasteiger partial charge in [-0.15, -0.1) is 0 Å². The van der Waals surface area contributed by atoms with Crippen LogP contribution in [0, 0.1) is 0 Å². The second-order valence-corrected chi connectivity index (χ2v) is 4.82. The monoisotopic (exact) mass is 251 g/mol. The Bertz CT molecular complexity index is 490. The van der Waals surface area contributed by atoms with Gasteiger partial charge in [0.15, 0.2) is 11.6 Å². The average Bonchev–Trinajstić information content (AvgIpc) is 2.98. The standard InChI is InChI=1S/C12H17N3O3/c1-12(2,8-16)15(3)7-10-13-11(18-14-10)9-5-4-6-17-9/h4-6,16H,7-8H2,1-3H3.